The molecule has 0 aromatic heterocycles. The third-order valence-corrected chi connectivity index (χ3v) is 4.20. The van der Waals surface area contributed by atoms with E-state index in [-0.39, 0.29) is 0 Å². The van der Waals surface area contributed by atoms with Crippen molar-refractivity contribution < 1.29 is 14.3 Å². The van der Waals surface area contributed by atoms with Crippen molar-refractivity contribution in [2.45, 2.75) is 37.7 Å². The Balaban J connectivity index is 1.96. The van der Waals surface area contributed by atoms with Gasteiger partial charge >= 0.3 is 6.16 Å². The number of carbonyl (C=O) groups is 1. The van der Waals surface area contributed by atoms with Gasteiger partial charge in [0.1, 0.15) is 6.61 Å². The van der Waals surface area contributed by atoms with E-state index in [4.69, 9.17) is 9.47 Å². The van der Waals surface area contributed by atoms with E-state index in [9.17, 15) is 4.79 Å². The first-order valence-electron chi connectivity index (χ1n) is 6.72. The predicted octanol–water partition coefficient (Wildman–Crippen LogP) is 3.63. The summed E-state index contributed by atoms with van der Waals surface area (Å²) >= 11 is 0. The maximum absolute atomic E-state index is 11.4. The number of benzene rings is 1. The molecule has 1 atom stereocenters. The number of rotatable bonds is 2. The van der Waals surface area contributed by atoms with Crippen molar-refractivity contribution in [3.8, 4) is 0 Å². The van der Waals surface area contributed by atoms with E-state index in [0.29, 0.717) is 12.5 Å². The number of carbonyl (C=O) groups excluding carboxylic acids is 1. The van der Waals surface area contributed by atoms with Crippen LogP contribution in [-0.2, 0) is 15.1 Å². The Kier molecular flexibility index (Phi) is 2.98. The molecule has 0 N–H and O–H groups in total. The second-order valence-electron chi connectivity index (χ2n) is 5.23. The van der Waals surface area contributed by atoms with Gasteiger partial charge in [-0.3, -0.25) is 0 Å². The van der Waals surface area contributed by atoms with Crippen molar-refractivity contribution in [1.29, 1.82) is 0 Å². The highest BCUT2D eigenvalue weighted by atomic mass is 16.8. The molecule has 0 radical (unpaired) electrons. The molecule has 3 rings (SSSR count). The minimum atomic E-state index is -0.543. The maximum Gasteiger partial charge on any atom is 0.509 e. The monoisotopic (exact) mass is 246 g/mol. The van der Waals surface area contributed by atoms with Crippen molar-refractivity contribution in [1.82, 2.24) is 0 Å². The van der Waals surface area contributed by atoms with Crippen LogP contribution in [0.2, 0.25) is 0 Å². The topological polar surface area (TPSA) is 35.5 Å². The predicted molar refractivity (Wildman–Crippen MR) is 67.1 cm³/mol. The molecule has 1 aromatic rings. The van der Waals surface area contributed by atoms with Gasteiger partial charge in [-0.15, -0.1) is 0 Å². The minimum Gasteiger partial charge on any atom is -0.430 e. The van der Waals surface area contributed by atoms with Crippen LogP contribution >= 0.6 is 0 Å². The van der Waals surface area contributed by atoms with Gasteiger partial charge in [0.05, 0.1) is 0 Å². The molecule has 1 aromatic carbocycles. The fourth-order valence-electron chi connectivity index (χ4n) is 3.24. The highest BCUT2D eigenvalue weighted by Crippen LogP contribution is 2.45. The smallest absolute Gasteiger partial charge is 0.430 e. The van der Waals surface area contributed by atoms with E-state index in [2.05, 4.69) is 0 Å². The quantitative estimate of drug-likeness (QED) is 0.747. The molecule has 18 heavy (non-hydrogen) atoms. The highest BCUT2D eigenvalue weighted by molar-refractivity contribution is 5.63. The fourth-order valence-corrected chi connectivity index (χ4v) is 3.24. The molecule has 1 unspecified atom stereocenters. The Labute approximate surface area is 107 Å². The highest BCUT2D eigenvalue weighted by Gasteiger charge is 2.50. The molecule has 2 fully saturated rings. The van der Waals surface area contributed by atoms with Crippen LogP contribution in [-0.4, -0.2) is 12.8 Å². The Morgan fingerprint density at radius 3 is 2.39 bits per heavy atom. The summed E-state index contributed by atoms with van der Waals surface area (Å²) in [6, 6.07) is 10.0. The molecular formula is C15H18O3. The van der Waals surface area contributed by atoms with Crippen LogP contribution in [0.15, 0.2) is 30.3 Å². The van der Waals surface area contributed by atoms with Crippen LogP contribution in [0.25, 0.3) is 0 Å². The first-order chi connectivity index (χ1) is 8.81. The second-order valence-corrected chi connectivity index (χ2v) is 5.23. The van der Waals surface area contributed by atoms with Gasteiger partial charge in [-0.05, 0) is 18.4 Å². The van der Waals surface area contributed by atoms with E-state index in [1.165, 1.54) is 19.3 Å². The summed E-state index contributed by atoms with van der Waals surface area (Å²) in [5.41, 5.74) is 0.529. The van der Waals surface area contributed by atoms with Crippen LogP contribution in [0, 0.1) is 5.92 Å². The Bertz CT molecular complexity index is 423. The van der Waals surface area contributed by atoms with Crippen LogP contribution in [0.1, 0.15) is 37.7 Å². The van der Waals surface area contributed by atoms with Gasteiger partial charge in [0.2, 0.25) is 0 Å². The Morgan fingerprint density at radius 2 is 1.78 bits per heavy atom. The molecule has 2 aliphatic rings. The van der Waals surface area contributed by atoms with E-state index < -0.39 is 11.8 Å². The first-order valence-corrected chi connectivity index (χ1v) is 6.72. The van der Waals surface area contributed by atoms with Gasteiger partial charge in [0, 0.05) is 5.92 Å². The Morgan fingerprint density at radius 1 is 1.06 bits per heavy atom. The molecule has 96 valence electrons. The molecule has 3 heteroatoms. The number of hydrogen-bond acceptors (Lipinski definition) is 3. The molecule has 1 aliphatic heterocycles. The lowest BCUT2D eigenvalue weighted by molar-refractivity contribution is -0.0139. The number of cyclic esters (lactones) is 2. The van der Waals surface area contributed by atoms with Crippen LogP contribution in [0.3, 0.4) is 0 Å². The zero-order chi connectivity index (χ0) is 12.4. The number of ether oxygens (including phenoxy) is 2. The molecular weight excluding hydrogens is 228 g/mol. The lowest BCUT2D eigenvalue weighted by Crippen LogP contribution is -2.39. The largest absolute Gasteiger partial charge is 0.509 e. The SMILES string of the molecule is O=C1OCC(c2ccccc2)(C2CCCCC2)O1. The molecule has 1 aliphatic carbocycles. The zero-order valence-electron chi connectivity index (χ0n) is 10.4. The van der Waals surface area contributed by atoms with Gasteiger partial charge in [-0.2, -0.15) is 0 Å². The molecule has 0 amide bonds. The summed E-state index contributed by atoms with van der Waals surface area (Å²) in [6.07, 6.45) is 5.44. The van der Waals surface area contributed by atoms with Crippen LogP contribution in [0.4, 0.5) is 4.79 Å². The summed E-state index contributed by atoms with van der Waals surface area (Å²) < 4.78 is 10.7. The maximum atomic E-state index is 11.4. The number of hydrogen-bond donors (Lipinski definition) is 0. The minimum absolute atomic E-state index is 0.362. The summed E-state index contributed by atoms with van der Waals surface area (Å²) in [7, 11) is 0. The molecule has 0 spiro atoms. The fraction of sp³-hybridized carbons (Fsp3) is 0.533. The third kappa shape index (κ3) is 1.88. The van der Waals surface area contributed by atoms with Gasteiger partial charge < -0.3 is 9.47 Å². The van der Waals surface area contributed by atoms with E-state index in [0.717, 1.165) is 18.4 Å². The summed E-state index contributed by atoms with van der Waals surface area (Å²) in [4.78, 5) is 11.4. The molecule has 0 bridgehead atoms. The normalized spacial score (nSPS) is 28.8. The van der Waals surface area contributed by atoms with Gasteiger partial charge in [0.15, 0.2) is 5.60 Å². The Hall–Kier alpha value is -1.51. The molecule has 1 saturated carbocycles. The summed E-state index contributed by atoms with van der Waals surface area (Å²) in [6.45, 7) is 0.362. The van der Waals surface area contributed by atoms with Crippen molar-refractivity contribution in [3.63, 3.8) is 0 Å². The second kappa shape index (κ2) is 4.63. The molecule has 1 saturated heterocycles. The average molecular weight is 246 g/mol. The zero-order valence-corrected chi connectivity index (χ0v) is 10.4. The van der Waals surface area contributed by atoms with Gasteiger partial charge in [0.25, 0.3) is 0 Å². The van der Waals surface area contributed by atoms with Crippen molar-refractivity contribution in [2.24, 2.45) is 5.92 Å². The average Bonchev–Trinajstić information content (AvgIpc) is 2.84. The van der Waals surface area contributed by atoms with Crippen LogP contribution in [0.5, 0.6) is 0 Å². The summed E-state index contributed by atoms with van der Waals surface area (Å²) in [5.74, 6) is 0.389. The lowest BCUT2D eigenvalue weighted by Gasteiger charge is -2.36. The van der Waals surface area contributed by atoms with Gasteiger partial charge in [-0.1, -0.05) is 49.6 Å². The van der Waals surface area contributed by atoms with Crippen LogP contribution < -0.4 is 0 Å². The first kappa shape index (κ1) is 11.6. The standard InChI is InChI=1S/C15H18O3/c16-14-17-11-15(18-14,12-7-3-1-4-8-12)13-9-5-2-6-10-13/h1,3-4,7-8,13H,2,5-6,9-11H2. The van der Waals surface area contributed by atoms with Crippen molar-refractivity contribution in [3.05, 3.63) is 35.9 Å². The van der Waals surface area contributed by atoms with E-state index >= 15 is 0 Å². The summed E-state index contributed by atoms with van der Waals surface area (Å²) in [5, 5.41) is 0. The van der Waals surface area contributed by atoms with E-state index in [1.807, 2.05) is 30.3 Å². The molecule has 3 nitrogen and oxygen atoms in total. The lowest BCUT2D eigenvalue weighted by atomic mass is 9.74. The van der Waals surface area contributed by atoms with Gasteiger partial charge in [-0.25, -0.2) is 4.79 Å². The van der Waals surface area contributed by atoms with Crippen molar-refractivity contribution in [2.75, 3.05) is 6.61 Å². The molecule has 1 heterocycles. The third-order valence-electron chi connectivity index (χ3n) is 4.20. The van der Waals surface area contributed by atoms with E-state index in [1.54, 1.807) is 0 Å². The van der Waals surface area contributed by atoms with Crippen molar-refractivity contribution >= 4 is 6.16 Å².